The molecular weight excluding hydrogens is 436 g/mol. The highest BCUT2D eigenvalue weighted by atomic mass is 35.5. The predicted octanol–water partition coefficient (Wildman–Crippen LogP) is 5.16. The molecule has 0 bridgehead atoms. The van der Waals surface area contributed by atoms with Gasteiger partial charge in [0, 0.05) is 5.69 Å². The number of amides is 1. The molecule has 0 heterocycles. The van der Waals surface area contributed by atoms with E-state index in [9.17, 15) is 13.2 Å². The number of carbonyl (C=O) groups excluding carboxylic acids is 1. The lowest BCUT2D eigenvalue weighted by Gasteiger charge is -2.17. The summed E-state index contributed by atoms with van der Waals surface area (Å²) in [6, 6.07) is 18.1. The fraction of sp³-hybridized carbons (Fsp3) is 0.174. The van der Waals surface area contributed by atoms with Crippen LogP contribution in [0.4, 0.5) is 11.4 Å². The lowest BCUT2D eigenvalue weighted by Crippen LogP contribution is -2.30. The largest absolute Gasteiger partial charge is 0.481 e. The molecule has 3 aromatic rings. The Balaban J connectivity index is 1.65. The Kier molecular flexibility index (Phi) is 6.87. The van der Waals surface area contributed by atoms with Crippen molar-refractivity contribution in [3.63, 3.8) is 0 Å². The molecule has 1 atom stereocenters. The molecule has 2 N–H and O–H groups in total. The second-order valence-electron chi connectivity index (χ2n) is 7.13. The molecular formula is C23H23ClN2O4S. The Labute approximate surface area is 187 Å². The van der Waals surface area contributed by atoms with Crippen LogP contribution in [0.15, 0.2) is 71.6 Å². The monoisotopic (exact) mass is 458 g/mol. The van der Waals surface area contributed by atoms with Crippen molar-refractivity contribution in [3.05, 3.63) is 82.9 Å². The molecule has 162 valence electrons. The molecule has 3 aromatic carbocycles. The van der Waals surface area contributed by atoms with Crippen LogP contribution in [0.25, 0.3) is 0 Å². The summed E-state index contributed by atoms with van der Waals surface area (Å²) in [5, 5.41) is 3.03. The summed E-state index contributed by atoms with van der Waals surface area (Å²) >= 11 is 6.02. The number of rotatable bonds is 7. The van der Waals surface area contributed by atoms with Crippen molar-refractivity contribution in [2.45, 2.75) is 31.8 Å². The molecule has 1 amide bonds. The Hall–Kier alpha value is -3.03. The number of hydrogen-bond acceptors (Lipinski definition) is 4. The molecule has 0 aromatic heterocycles. The Morgan fingerprint density at radius 1 is 1.00 bits per heavy atom. The van der Waals surface area contributed by atoms with Gasteiger partial charge in [0.25, 0.3) is 15.9 Å². The first-order chi connectivity index (χ1) is 14.7. The zero-order valence-electron chi connectivity index (χ0n) is 17.3. The lowest BCUT2D eigenvalue weighted by molar-refractivity contribution is -0.122. The van der Waals surface area contributed by atoms with Crippen molar-refractivity contribution >= 4 is 38.9 Å². The van der Waals surface area contributed by atoms with Gasteiger partial charge in [0.1, 0.15) is 5.75 Å². The van der Waals surface area contributed by atoms with E-state index < -0.39 is 16.1 Å². The second kappa shape index (κ2) is 9.41. The molecule has 0 saturated heterocycles. The Morgan fingerprint density at radius 2 is 1.68 bits per heavy atom. The van der Waals surface area contributed by atoms with Crippen LogP contribution in [-0.2, 0) is 14.8 Å². The zero-order chi connectivity index (χ0) is 22.6. The maximum Gasteiger partial charge on any atom is 0.265 e. The van der Waals surface area contributed by atoms with Crippen LogP contribution in [0.2, 0.25) is 5.02 Å². The minimum absolute atomic E-state index is 0.0463. The number of carbonyl (C=O) groups is 1. The molecule has 6 nitrogen and oxygen atoms in total. The van der Waals surface area contributed by atoms with E-state index in [0.717, 1.165) is 11.1 Å². The number of aryl methyl sites for hydroxylation is 2. The van der Waals surface area contributed by atoms with Crippen LogP contribution in [0, 0.1) is 13.8 Å². The first-order valence-electron chi connectivity index (χ1n) is 9.58. The fourth-order valence-electron chi connectivity index (χ4n) is 2.88. The minimum Gasteiger partial charge on any atom is -0.481 e. The standard InChI is InChI=1S/C23H23ClN2O4S/c1-15-8-13-22(16(2)14-15)30-17(3)23(27)25-18-9-11-19(12-10-18)31(28,29)26-21-7-5-4-6-20(21)24/h4-14,17,26H,1-3H3,(H,25,27)/t17-/m1/s1. The van der Waals surface area contributed by atoms with Crippen LogP contribution >= 0.6 is 11.6 Å². The van der Waals surface area contributed by atoms with Crippen molar-refractivity contribution < 1.29 is 17.9 Å². The van der Waals surface area contributed by atoms with Gasteiger partial charge < -0.3 is 10.1 Å². The van der Waals surface area contributed by atoms with Gasteiger partial charge in [0.15, 0.2) is 6.10 Å². The first kappa shape index (κ1) is 22.7. The van der Waals surface area contributed by atoms with Crippen molar-refractivity contribution in [1.82, 2.24) is 0 Å². The number of benzene rings is 3. The van der Waals surface area contributed by atoms with E-state index >= 15 is 0 Å². The van der Waals surface area contributed by atoms with Gasteiger partial charge in [-0.1, -0.05) is 41.4 Å². The molecule has 0 saturated carbocycles. The molecule has 3 rings (SSSR count). The van der Waals surface area contributed by atoms with E-state index in [1.54, 1.807) is 31.2 Å². The van der Waals surface area contributed by atoms with Crippen LogP contribution in [0.3, 0.4) is 0 Å². The summed E-state index contributed by atoms with van der Waals surface area (Å²) in [5.74, 6) is 0.296. The number of para-hydroxylation sites is 1. The van der Waals surface area contributed by atoms with Crippen LogP contribution in [-0.4, -0.2) is 20.4 Å². The van der Waals surface area contributed by atoms with Crippen LogP contribution in [0.5, 0.6) is 5.75 Å². The summed E-state index contributed by atoms with van der Waals surface area (Å²) in [6.45, 7) is 5.56. The summed E-state index contributed by atoms with van der Waals surface area (Å²) in [6.07, 6.45) is -0.730. The third-order valence-corrected chi connectivity index (χ3v) is 6.26. The van der Waals surface area contributed by atoms with Gasteiger partial charge in [-0.3, -0.25) is 9.52 Å². The number of ether oxygens (including phenoxy) is 1. The normalized spacial score (nSPS) is 12.1. The average Bonchev–Trinajstić information content (AvgIpc) is 2.72. The molecule has 0 radical (unpaired) electrons. The smallest absolute Gasteiger partial charge is 0.265 e. The highest BCUT2D eigenvalue weighted by molar-refractivity contribution is 7.92. The minimum atomic E-state index is -3.82. The Bertz CT molecular complexity index is 1190. The SMILES string of the molecule is Cc1ccc(O[C@H](C)C(=O)Nc2ccc(S(=O)(=O)Nc3ccccc3Cl)cc2)c(C)c1. The van der Waals surface area contributed by atoms with Gasteiger partial charge in [-0.15, -0.1) is 0 Å². The lowest BCUT2D eigenvalue weighted by atomic mass is 10.1. The molecule has 0 aliphatic rings. The summed E-state index contributed by atoms with van der Waals surface area (Å²) in [4.78, 5) is 12.5. The quantitative estimate of drug-likeness (QED) is 0.512. The number of hydrogen-bond donors (Lipinski definition) is 2. The molecule has 0 fully saturated rings. The van der Waals surface area contributed by atoms with Crippen molar-refractivity contribution in [2.24, 2.45) is 0 Å². The van der Waals surface area contributed by atoms with Gasteiger partial charge in [-0.2, -0.15) is 0 Å². The van der Waals surface area contributed by atoms with E-state index in [2.05, 4.69) is 10.0 Å². The van der Waals surface area contributed by atoms with Gasteiger partial charge >= 0.3 is 0 Å². The van der Waals surface area contributed by atoms with Gasteiger partial charge in [0.2, 0.25) is 0 Å². The maximum absolute atomic E-state index is 12.6. The summed E-state index contributed by atoms with van der Waals surface area (Å²) < 4.78 is 33.4. The number of anilines is 2. The molecule has 31 heavy (non-hydrogen) atoms. The van der Waals surface area contributed by atoms with Crippen molar-refractivity contribution in [1.29, 1.82) is 0 Å². The summed E-state index contributed by atoms with van der Waals surface area (Å²) in [5.41, 5.74) is 2.80. The molecule has 0 unspecified atom stereocenters. The number of sulfonamides is 1. The van der Waals surface area contributed by atoms with Crippen LogP contribution < -0.4 is 14.8 Å². The van der Waals surface area contributed by atoms with E-state index in [4.69, 9.17) is 16.3 Å². The van der Waals surface area contributed by atoms with Crippen molar-refractivity contribution in [2.75, 3.05) is 10.0 Å². The zero-order valence-corrected chi connectivity index (χ0v) is 18.9. The highest BCUT2D eigenvalue weighted by Crippen LogP contribution is 2.25. The van der Waals surface area contributed by atoms with E-state index in [1.807, 2.05) is 32.0 Å². The molecule has 0 spiro atoms. The van der Waals surface area contributed by atoms with E-state index in [0.29, 0.717) is 22.1 Å². The molecule has 0 aliphatic carbocycles. The Morgan fingerprint density at radius 3 is 2.32 bits per heavy atom. The summed E-state index contributed by atoms with van der Waals surface area (Å²) in [7, 11) is -3.82. The topological polar surface area (TPSA) is 84.5 Å². The fourth-order valence-corrected chi connectivity index (χ4v) is 4.20. The number of nitrogens with one attached hydrogen (secondary N) is 2. The molecule has 0 aliphatic heterocycles. The van der Waals surface area contributed by atoms with Crippen molar-refractivity contribution in [3.8, 4) is 5.75 Å². The molecule has 8 heteroatoms. The third kappa shape index (κ3) is 5.77. The second-order valence-corrected chi connectivity index (χ2v) is 9.22. The van der Waals surface area contributed by atoms with E-state index in [-0.39, 0.29) is 10.8 Å². The van der Waals surface area contributed by atoms with E-state index in [1.165, 1.54) is 24.3 Å². The van der Waals surface area contributed by atoms with Gasteiger partial charge in [0.05, 0.1) is 15.6 Å². The first-order valence-corrected chi connectivity index (χ1v) is 11.4. The highest BCUT2D eigenvalue weighted by Gasteiger charge is 2.18. The van der Waals surface area contributed by atoms with Crippen LogP contribution in [0.1, 0.15) is 18.1 Å². The third-order valence-electron chi connectivity index (χ3n) is 4.55. The number of halogens is 1. The average molecular weight is 459 g/mol. The van der Waals surface area contributed by atoms with Gasteiger partial charge in [-0.05, 0) is 68.8 Å². The maximum atomic E-state index is 12.6. The predicted molar refractivity (Wildman–Crippen MR) is 123 cm³/mol. The van der Waals surface area contributed by atoms with Gasteiger partial charge in [-0.25, -0.2) is 8.42 Å².